The molecule has 1 aliphatic heterocycles. The monoisotopic (exact) mass is 441 g/mol. The SMILES string of the molecule is COc1cc(OC)cc(-c2nn(CN3CCC(OCc4ccccc4)CC3)c(=S)o2)c1. The van der Waals surface area contributed by atoms with Crippen molar-refractivity contribution in [1.29, 1.82) is 0 Å². The van der Waals surface area contributed by atoms with Gasteiger partial charge in [-0.2, -0.15) is 0 Å². The van der Waals surface area contributed by atoms with Crippen LogP contribution in [0.5, 0.6) is 11.5 Å². The Kier molecular flexibility index (Phi) is 7.01. The molecule has 0 saturated carbocycles. The number of piperidine rings is 1. The highest BCUT2D eigenvalue weighted by atomic mass is 32.1. The summed E-state index contributed by atoms with van der Waals surface area (Å²) in [6, 6.07) is 15.8. The average Bonchev–Trinajstić information content (AvgIpc) is 3.19. The molecule has 0 aliphatic carbocycles. The lowest BCUT2D eigenvalue weighted by molar-refractivity contribution is -0.00929. The molecule has 8 heteroatoms. The molecule has 0 N–H and O–H groups in total. The van der Waals surface area contributed by atoms with Crippen LogP contribution >= 0.6 is 12.2 Å². The van der Waals surface area contributed by atoms with E-state index in [0.29, 0.717) is 35.5 Å². The van der Waals surface area contributed by atoms with E-state index in [9.17, 15) is 0 Å². The Labute approximate surface area is 187 Å². The van der Waals surface area contributed by atoms with Crippen LogP contribution < -0.4 is 9.47 Å². The van der Waals surface area contributed by atoms with Crippen molar-refractivity contribution in [1.82, 2.24) is 14.7 Å². The first-order valence-electron chi connectivity index (χ1n) is 10.3. The lowest BCUT2D eigenvalue weighted by Crippen LogP contribution is -2.38. The largest absolute Gasteiger partial charge is 0.497 e. The summed E-state index contributed by atoms with van der Waals surface area (Å²) < 4.78 is 24.2. The third kappa shape index (κ3) is 5.52. The van der Waals surface area contributed by atoms with Crippen molar-refractivity contribution in [3.8, 4) is 23.0 Å². The van der Waals surface area contributed by atoms with Gasteiger partial charge in [-0.25, -0.2) is 4.68 Å². The van der Waals surface area contributed by atoms with E-state index in [0.717, 1.165) is 31.5 Å². The summed E-state index contributed by atoms with van der Waals surface area (Å²) in [4.78, 5) is 2.66. The van der Waals surface area contributed by atoms with E-state index in [-0.39, 0.29) is 6.10 Å². The molecule has 0 unspecified atom stereocenters. The van der Waals surface area contributed by atoms with Crippen LogP contribution in [0, 0.1) is 4.84 Å². The Morgan fingerprint density at radius 3 is 2.35 bits per heavy atom. The van der Waals surface area contributed by atoms with Crippen molar-refractivity contribution >= 4 is 12.2 Å². The van der Waals surface area contributed by atoms with E-state index in [1.54, 1.807) is 25.0 Å². The zero-order valence-corrected chi connectivity index (χ0v) is 18.6. The molecule has 2 heterocycles. The number of aromatic nitrogens is 2. The third-order valence-corrected chi connectivity index (χ3v) is 5.70. The van der Waals surface area contributed by atoms with Crippen LogP contribution in [0.4, 0.5) is 0 Å². The van der Waals surface area contributed by atoms with Gasteiger partial charge in [0.2, 0.25) is 5.89 Å². The van der Waals surface area contributed by atoms with Crippen molar-refractivity contribution in [2.45, 2.75) is 32.2 Å². The molecule has 4 rings (SSSR count). The summed E-state index contributed by atoms with van der Waals surface area (Å²) in [7, 11) is 3.22. The van der Waals surface area contributed by atoms with E-state index < -0.39 is 0 Å². The Balaban J connectivity index is 1.35. The fraction of sp³-hybridized carbons (Fsp3) is 0.391. The molecule has 164 valence electrons. The van der Waals surface area contributed by atoms with Gasteiger partial charge in [0.1, 0.15) is 11.5 Å². The topological polar surface area (TPSA) is 61.9 Å². The zero-order valence-electron chi connectivity index (χ0n) is 17.8. The Bertz CT molecular complexity index is 1020. The fourth-order valence-electron chi connectivity index (χ4n) is 3.64. The second kappa shape index (κ2) is 10.1. The molecule has 1 saturated heterocycles. The van der Waals surface area contributed by atoms with E-state index in [4.69, 9.17) is 30.8 Å². The molecular weight excluding hydrogens is 414 g/mol. The van der Waals surface area contributed by atoms with Crippen molar-refractivity contribution in [2.75, 3.05) is 27.3 Å². The van der Waals surface area contributed by atoms with Gasteiger partial charge in [-0.15, -0.1) is 5.10 Å². The van der Waals surface area contributed by atoms with E-state index >= 15 is 0 Å². The highest BCUT2D eigenvalue weighted by Crippen LogP contribution is 2.29. The quantitative estimate of drug-likeness (QED) is 0.476. The van der Waals surface area contributed by atoms with Gasteiger partial charge in [-0.3, -0.25) is 4.90 Å². The molecule has 0 radical (unpaired) electrons. The molecule has 7 nitrogen and oxygen atoms in total. The number of benzene rings is 2. The van der Waals surface area contributed by atoms with Gasteiger partial charge < -0.3 is 18.6 Å². The third-order valence-electron chi connectivity index (χ3n) is 5.40. The maximum Gasteiger partial charge on any atom is 0.288 e. The van der Waals surface area contributed by atoms with Crippen molar-refractivity contribution in [2.24, 2.45) is 0 Å². The summed E-state index contributed by atoms with van der Waals surface area (Å²) in [6.07, 6.45) is 2.25. The first-order valence-corrected chi connectivity index (χ1v) is 10.7. The van der Waals surface area contributed by atoms with Gasteiger partial charge in [-0.05, 0) is 42.8 Å². The second-order valence-electron chi connectivity index (χ2n) is 7.53. The fourth-order valence-corrected chi connectivity index (χ4v) is 3.82. The van der Waals surface area contributed by atoms with Crippen molar-refractivity contribution in [3.05, 3.63) is 58.9 Å². The van der Waals surface area contributed by atoms with Crippen LogP contribution in [0.1, 0.15) is 18.4 Å². The van der Waals surface area contributed by atoms with Crippen LogP contribution in [0.25, 0.3) is 11.5 Å². The molecular formula is C23H27N3O4S. The van der Waals surface area contributed by atoms with Crippen molar-refractivity contribution in [3.63, 3.8) is 0 Å². The summed E-state index contributed by atoms with van der Waals surface area (Å²) in [5.41, 5.74) is 1.97. The molecule has 3 aromatic rings. The van der Waals surface area contributed by atoms with Crippen LogP contribution in [0.3, 0.4) is 0 Å². The normalized spacial score (nSPS) is 15.2. The van der Waals surface area contributed by atoms with Gasteiger partial charge >= 0.3 is 0 Å². The Morgan fingerprint density at radius 1 is 1.03 bits per heavy atom. The predicted molar refractivity (Wildman–Crippen MR) is 120 cm³/mol. The number of ether oxygens (including phenoxy) is 3. The van der Waals surface area contributed by atoms with Gasteiger partial charge in [0.25, 0.3) is 4.84 Å². The summed E-state index contributed by atoms with van der Waals surface area (Å²) in [5, 5.41) is 4.58. The first-order chi connectivity index (χ1) is 15.1. The van der Waals surface area contributed by atoms with E-state index in [1.807, 2.05) is 30.3 Å². The molecule has 31 heavy (non-hydrogen) atoms. The van der Waals surface area contributed by atoms with Gasteiger partial charge in [0, 0.05) is 24.7 Å². The number of hydrogen-bond acceptors (Lipinski definition) is 7. The number of nitrogens with zero attached hydrogens (tertiary/aromatic N) is 3. The maximum atomic E-state index is 6.08. The Hall–Kier alpha value is -2.68. The van der Waals surface area contributed by atoms with Crippen LogP contribution in [-0.4, -0.2) is 48.1 Å². The van der Waals surface area contributed by atoms with Crippen LogP contribution in [-0.2, 0) is 18.0 Å². The average molecular weight is 442 g/mol. The minimum Gasteiger partial charge on any atom is -0.497 e. The number of likely N-dealkylation sites (tertiary alicyclic amines) is 1. The summed E-state index contributed by atoms with van der Waals surface area (Å²) in [5.74, 6) is 1.79. The molecule has 1 aliphatic rings. The van der Waals surface area contributed by atoms with Crippen LogP contribution in [0.2, 0.25) is 0 Å². The molecule has 0 spiro atoms. The predicted octanol–water partition coefficient (Wildman–Crippen LogP) is 4.53. The van der Waals surface area contributed by atoms with E-state index in [1.165, 1.54) is 5.56 Å². The van der Waals surface area contributed by atoms with Crippen LogP contribution in [0.15, 0.2) is 52.9 Å². The van der Waals surface area contributed by atoms with E-state index in [2.05, 4.69) is 22.1 Å². The standard InChI is InChI=1S/C23H27N3O4S/c1-27-20-12-18(13-21(14-20)28-2)22-24-26(23(31)30-22)16-25-10-8-19(9-11-25)29-15-17-6-4-3-5-7-17/h3-7,12-14,19H,8-11,15-16H2,1-2H3. The highest BCUT2D eigenvalue weighted by molar-refractivity contribution is 7.71. The minimum absolute atomic E-state index is 0.279. The maximum absolute atomic E-state index is 6.08. The Morgan fingerprint density at radius 2 is 1.71 bits per heavy atom. The lowest BCUT2D eigenvalue weighted by atomic mass is 10.1. The van der Waals surface area contributed by atoms with Crippen molar-refractivity contribution < 1.29 is 18.6 Å². The second-order valence-corrected chi connectivity index (χ2v) is 7.88. The summed E-state index contributed by atoms with van der Waals surface area (Å²) in [6.45, 7) is 3.11. The number of hydrogen-bond donors (Lipinski definition) is 0. The van der Waals surface area contributed by atoms with Gasteiger partial charge in [-0.1, -0.05) is 30.3 Å². The molecule has 0 atom stereocenters. The highest BCUT2D eigenvalue weighted by Gasteiger charge is 2.21. The molecule has 0 bridgehead atoms. The van der Waals surface area contributed by atoms with Gasteiger partial charge in [0.05, 0.1) is 33.6 Å². The molecule has 2 aromatic carbocycles. The zero-order chi connectivity index (χ0) is 21.6. The lowest BCUT2D eigenvalue weighted by Gasteiger charge is -2.31. The molecule has 0 amide bonds. The minimum atomic E-state index is 0.279. The molecule has 1 aromatic heterocycles. The molecule has 1 fully saturated rings. The smallest absolute Gasteiger partial charge is 0.288 e. The van der Waals surface area contributed by atoms with Gasteiger partial charge in [0.15, 0.2) is 0 Å². The summed E-state index contributed by atoms with van der Waals surface area (Å²) >= 11 is 5.40. The first kappa shape index (κ1) is 21.5. The number of rotatable bonds is 8. The number of methoxy groups -OCH3 is 2.